The standard InChI is InChI=1S/C13H19N/c1-9(2)12-8-7-11-6-4-5-10(3)13(11)14-12/h4-6,9,12,14H,7-8H2,1-3H3. The largest absolute Gasteiger partial charge is 0.382 e. The molecule has 0 aliphatic carbocycles. The summed E-state index contributed by atoms with van der Waals surface area (Å²) in [7, 11) is 0. The SMILES string of the molecule is Cc1cccc2c1NC(C(C)C)CC2. The first kappa shape index (κ1) is 9.57. The summed E-state index contributed by atoms with van der Waals surface area (Å²) in [6, 6.07) is 7.25. The predicted molar refractivity (Wildman–Crippen MR) is 61.7 cm³/mol. The fourth-order valence-electron chi connectivity index (χ4n) is 2.21. The van der Waals surface area contributed by atoms with Gasteiger partial charge in [0.2, 0.25) is 0 Å². The Hall–Kier alpha value is -0.980. The van der Waals surface area contributed by atoms with Crippen molar-refractivity contribution in [2.45, 2.75) is 39.7 Å². The Balaban J connectivity index is 2.29. The lowest BCUT2D eigenvalue weighted by molar-refractivity contribution is 0.482. The van der Waals surface area contributed by atoms with Crippen molar-refractivity contribution >= 4 is 5.69 Å². The Bertz CT molecular complexity index is 328. The summed E-state index contributed by atoms with van der Waals surface area (Å²) in [4.78, 5) is 0. The second-order valence-corrected chi connectivity index (χ2v) is 4.64. The molecule has 0 radical (unpaired) electrons. The topological polar surface area (TPSA) is 12.0 Å². The Kier molecular flexibility index (Phi) is 2.49. The quantitative estimate of drug-likeness (QED) is 0.714. The average molecular weight is 189 g/mol. The second-order valence-electron chi connectivity index (χ2n) is 4.64. The van der Waals surface area contributed by atoms with Gasteiger partial charge >= 0.3 is 0 Å². The van der Waals surface area contributed by atoms with Crippen molar-refractivity contribution in [3.8, 4) is 0 Å². The molecule has 1 unspecified atom stereocenters. The van der Waals surface area contributed by atoms with Crippen LogP contribution >= 0.6 is 0 Å². The van der Waals surface area contributed by atoms with Gasteiger partial charge in [0, 0.05) is 11.7 Å². The maximum Gasteiger partial charge on any atom is 0.0404 e. The van der Waals surface area contributed by atoms with Gasteiger partial charge < -0.3 is 5.32 Å². The number of aryl methyl sites for hydroxylation is 2. The first-order valence-corrected chi connectivity index (χ1v) is 5.53. The van der Waals surface area contributed by atoms with E-state index in [9.17, 15) is 0 Å². The zero-order valence-electron chi connectivity index (χ0n) is 9.30. The van der Waals surface area contributed by atoms with Gasteiger partial charge in [-0.3, -0.25) is 0 Å². The third-order valence-corrected chi connectivity index (χ3v) is 3.22. The number of benzene rings is 1. The molecule has 76 valence electrons. The molecule has 0 aromatic heterocycles. The van der Waals surface area contributed by atoms with Crippen LogP contribution in [0.5, 0.6) is 0 Å². The van der Waals surface area contributed by atoms with E-state index in [2.05, 4.69) is 44.3 Å². The second kappa shape index (κ2) is 3.64. The first-order valence-electron chi connectivity index (χ1n) is 5.53. The smallest absolute Gasteiger partial charge is 0.0404 e. The van der Waals surface area contributed by atoms with Gasteiger partial charge in [0.25, 0.3) is 0 Å². The molecule has 0 amide bonds. The van der Waals surface area contributed by atoms with Crippen LogP contribution in [-0.2, 0) is 6.42 Å². The van der Waals surface area contributed by atoms with Gasteiger partial charge in [0.05, 0.1) is 0 Å². The lowest BCUT2D eigenvalue weighted by Crippen LogP contribution is -2.30. The van der Waals surface area contributed by atoms with Crippen LogP contribution in [0.4, 0.5) is 5.69 Å². The van der Waals surface area contributed by atoms with E-state index in [0.717, 1.165) is 5.92 Å². The molecule has 14 heavy (non-hydrogen) atoms. The third kappa shape index (κ3) is 1.63. The van der Waals surface area contributed by atoms with Crippen molar-refractivity contribution in [1.29, 1.82) is 0 Å². The number of fused-ring (bicyclic) bond motifs is 1. The Morgan fingerprint density at radius 2 is 2.14 bits per heavy atom. The fourth-order valence-corrected chi connectivity index (χ4v) is 2.21. The molecule has 0 fully saturated rings. The number of nitrogens with one attached hydrogen (secondary N) is 1. The van der Waals surface area contributed by atoms with Gasteiger partial charge in [0.1, 0.15) is 0 Å². The van der Waals surface area contributed by atoms with Crippen LogP contribution < -0.4 is 5.32 Å². The summed E-state index contributed by atoms with van der Waals surface area (Å²) < 4.78 is 0. The molecule has 2 rings (SSSR count). The maximum absolute atomic E-state index is 3.66. The fraction of sp³-hybridized carbons (Fsp3) is 0.538. The number of para-hydroxylation sites is 1. The molecule has 1 heterocycles. The average Bonchev–Trinajstić information content (AvgIpc) is 2.18. The third-order valence-electron chi connectivity index (χ3n) is 3.22. The van der Waals surface area contributed by atoms with E-state index in [0.29, 0.717) is 6.04 Å². The molecule has 0 saturated heterocycles. The van der Waals surface area contributed by atoms with E-state index in [1.54, 1.807) is 0 Å². The highest BCUT2D eigenvalue weighted by Gasteiger charge is 2.20. The van der Waals surface area contributed by atoms with Crippen molar-refractivity contribution in [3.63, 3.8) is 0 Å². The van der Waals surface area contributed by atoms with E-state index in [1.165, 1.54) is 29.7 Å². The van der Waals surface area contributed by atoms with E-state index < -0.39 is 0 Å². The summed E-state index contributed by atoms with van der Waals surface area (Å²) in [6.45, 7) is 6.77. The highest BCUT2D eigenvalue weighted by molar-refractivity contribution is 5.59. The Labute approximate surface area is 86.5 Å². The van der Waals surface area contributed by atoms with Gasteiger partial charge in [-0.1, -0.05) is 32.0 Å². The minimum atomic E-state index is 0.656. The van der Waals surface area contributed by atoms with Crippen molar-refractivity contribution in [2.75, 3.05) is 5.32 Å². The van der Waals surface area contributed by atoms with E-state index >= 15 is 0 Å². The number of hydrogen-bond donors (Lipinski definition) is 1. The van der Waals surface area contributed by atoms with Crippen LogP contribution in [0, 0.1) is 12.8 Å². The zero-order chi connectivity index (χ0) is 10.1. The molecule has 1 heteroatoms. The monoisotopic (exact) mass is 189 g/mol. The summed E-state index contributed by atoms with van der Waals surface area (Å²) in [6.07, 6.45) is 2.50. The maximum atomic E-state index is 3.66. The molecule has 0 bridgehead atoms. The lowest BCUT2D eigenvalue weighted by atomic mass is 9.90. The lowest BCUT2D eigenvalue weighted by Gasteiger charge is -2.31. The van der Waals surface area contributed by atoms with Crippen LogP contribution in [-0.4, -0.2) is 6.04 Å². The van der Waals surface area contributed by atoms with Gasteiger partial charge in [0.15, 0.2) is 0 Å². The minimum absolute atomic E-state index is 0.656. The Morgan fingerprint density at radius 1 is 1.36 bits per heavy atom. The first-order chi connectivity index (χ1) is 6.68. The summed E-state index contributed by atoms with van der Waals surface area (Å²) >= 11 is 0. The van der Waals surface area contributed by atoms with Crippen molar-refractivity contribution in [3.05, 3.63) is 29.3 Å². The van der Waals surface area contributed by atoms with Gasteiger partial charge in [-0.15, -0.1) is 0 Å². The molecule has 1 aromatic carbocycles. The van der Waals surface area contributed by atoms with E-state index in [1.807, 2.05) is 0 Å². The van der Waals surface area contributed by atoms with Crippen molar-refractivity contribution in [1.82, 2.24) is 0 Å². The van der Waals surface area contributed by atoms with Gasteiger partial charge in [-0.2, -0.15) is 0 Å². The summed E-state index contributed by atoms with van der Waals surface area (Å²) in [5, 5.41) is 3.66. The Morgan fingerprint density at radius 3 is 2.86 bits per heavy atom. The highest BCUT2D eigenvalue weighted by atomic mass is 14.9. The summed E-state index contributed by atoms with van der Waals surface area (Å²) in [5.74, 6) is 0.725. The molecule has 1 aliphatic heterocycles. The van der Waals surface area contributed by atoms with Crippen LogP contribution in [0.2, 0.25) is 0 Å². The van der Waals surface area contributed by atoms with Gasteiger partial charge in [-0.05, 0) is 36.8 Å². The van der Waals surface area contributed by atoms with Crippen molar-refractivity contribution < 1.29 is 0 Å². The van der Waals surface area contributed by atoms with E-state index in [-0.39, 0.29) is 0 Å². The van der Waals surface area contributed by atoms with Crippen LogP contribution in [0.25, 0.3) is 0 Å². The zero-order valence-corrected chi connectivity index (χ0v) is 9.30. The molecular weight excluding hydrogens is 170 g/mol. The van der Waals surface area contributed by atoms with E-state index in [4.69, 9.17) is 0 Å². The van der Waals surface area contributed by atoms with Gasteiger partial charge in [-0.25, -0.2) is 0 Å². The molecule has 1 aromatic rings. The normalized spacial score (nSPS) is 20.4. The molecule has 1 nitrogen and oxygen atoms in total. The highest BCUT2D eigenvalue weighted by Crippen LogP contribution is 2.30. The van der Waals surface area contributed by atoms with Crippen LogP contribution in [0.3, 0.4) is 0 Å². The van der Waals surface area contributed by atoms with Crippen LogP contribution in [0.1, 0.15) is 31.4 Å². The minimum Gasteiger partial charge on any atom is -0.382 e. The molecular formula is C13H19N. The molecule has 0 saturated carbocycles. The molecule has 1 aliphatic rings. The van der Waals surface area contributed by atoms with Crippen molar-refractivity contribution in [2.24, 2.45) is 5.92 Å². The van der Waals surface area contributed by atoms with Crippen LogP contribution in [0.15, 0.2) is 18.2 Å². The molecule has 1 N–H and O–H groups in total. The molecule has 1 atom stereocenters. The number of rotatable bonds is 1. The predicted octanol–water partition coefficient (Wildman–Crippen LogP) is 3.38. The summed E-state index contributed by atoms with van der Waals surface area (Å²) in [5.41, 5.74) is 4.26. The molecule has 0 spiro atoms. The number of anilines is 1. The number of hydrogen-bond acceptors (Lipinski definition) is 1.